The maximum atomic E-state index is 3.48. The molecule has 0 bridgehead atoms. The zero-order valence-corrected chi connectivity index (χ0v) is 14.2. The Morgan fingerprint density at radius 1 is 1.14 bits per heavy atom. The Hall–Kier alpha value is -0.860. The summed E-state index contributed by atoms with van der Waals surface area (Å²) in [4.78, 5) is 2.59. The molecule has 0 amide bonds. The fourth-order valence-electron chi connectivity index (χ4n) is 3.47. The molecule has 0 aliphatic heterocycles. The van der Waals surface area contributed by atoms with Gasteiger partial charge in [0.2, 0.25) is 0 Å². The van der Waals surface area contributed by atoms with Crippen molar-refractivity contribution in [1.29, 1.82) is 0 Å². The molecule has 1 aliphatic rings. The SMILES string of the molecule is CNC(CCN(C)C1CCC(C)CC1)c1ccc(C)cc1. The Labute approximate surface area is 130 Å². The second-order valence-electron chi connectivity index (χ2n) is 6.93. The van der Waals surface area contributed by atoms with Crippen molar-refractivity contribution in [2.24, 2.45) is 5.92 Å². The Morgan fingerprint density at radius 3 is 2.33 bits per heavy atom. The number of benzene rings is 1. The summed E-state index contributed by atoms with van der Waals surface area (Å²) in [6.07, 6.45) is 6.76. The van der Waals surface area contributed by atoms with Crippen LogP contribution in [0.2, 0.25) is 0 Å². The van der Waals surface area contributed by atoms with Gasteiger partial charge in [-0.3, -0.25) is 0 Å². The molecular weight excluding hydrogens is 256 g/mol. The summed E-state index contributed by atoms with van der Waals surface area (Å²) in [6.45, 7) is 5.72. The summed E-state index contributed by atoms with van der Waals surface area (Å²) >= 11 is 0. The molecule has 2 rings (SSSR count). The van der Waals surface area contributed by atoms with Gasteiger partial charge < -0.3 is 10.2 Å². The van der Waals surface area contributed by atoms with Crippen molar-refractivity contribution in [2.45, 2.75) is 58.0 Å². The largest absolute Gasteiger partial charge is 0.313 e. The van der Waals surface area contributed by atoms with E-state index in [-0.39, 0.29) is 0 Å². The van der Waals surface area contributed by atoms with Gasteiger partial charge in [-0.05, 0) is 71.1 Å². The fourth-order valence-corrected chi connectivity index (χ4v) is 3.47. The highest BCUT2D eigenvalue weighted by Gasteiger charge is 2.22. The molecule has 1 aromatic rings. The van der Waals surface area contributed by atoms with Crippen LogP contribution in [0.4, 0.5) is 0 Å². The van der Waals surface area contributed by atoms with Crippen molar-refractivity contribution in [2.75, 3.05) is 20.6 Å². The molecule has 0 saturated heterocycles. The summed E-state index contributed by atoms with van der Waals surface area (Å²) in [5.74, 6) is 0.937. The monoisotopic (exact) mass is 288 g/mol. The molecule has 0 heterocycles. The van der Waals surface area contributed by atoms with Crippen molar-refractivity contribution in [3.63, 3.8) is 0 Å². The first-order chi connectivity index (χ1) is 10.1. The molecular formula is C19H32N2. The summed E-state index contributed by atoms with van der Waals surface area (Å²) < 4.78 is 0. The quantitative estimate of drug-likeness (QED) is 0.845. The third-order valence-corrected chi connectivity index (χ3v) is 5.21. The van der Waals surface area contributed by atoms with Crippen LogP contribution in [-0.2, 0) is 0 Å². The van der Waals surface area contributed by atoms with Crippen molar-refractivity contribution in [1.82, 2.24) is 10.2 Å². The van der Waals surface area contributed by atoms with E-state index < -0.39 is 0 Å². The van der Waals surface area contributed by atoms with Gasteiger partial charge in [-0.15, -0.1) is 0 Å². The van der Waals surface area contributed by atoms with E-state index in [1.165, 1.54) is 49.8 Å². The number of nitrogens with zero attached hydrogens (tertiary/aromatic N) is 1. The van der Waals surface area contributed by atoms with Gasteiger partial charge in [-0.25, -0.2) is 0 Å². The Bertz CT molecular complexity index is 404. The van der Waals surface area contributed by atoms with E-state index in [0.717, 1.165) is 12.0 Å². The van der Waals surface area contributed by atoms with Gasteiger partial charge >= 0.3 is 0 Å². The first-order valence-corrected chi connectivity index (χ1v) is 8.54. The van der Waals surface area contributed by atoms with E-state index in [9.17, 15) is 0 Å². The van der Waals surface area contributed by atoms with E-state index in [0.29, 0.717) is 6.04 Å². The van der Waals surface area contributed by atoms with Gasteiger partial charge in [0.1, 0.15) is 0 Å². The maximum Gasteiger partial charge on any atom is 0.0329 e. The first-order valence-electron chi connectivity index (χ1n) is 8.54. The molecule has 0 aromatic heterocycles. The number of aryl methyl sites for hydroxylation is 1. The Balaban J connectivity index is 1.83. The van der Waals surface area contributed by atoms with Crippen molar-refractivity contribution in [3.8, 4) is 0 Å². The minimum absolute atomic E-state index is 0.468. The molecule has 1 aromatic carbocycles. The normalized spacial score (nSPS) is 24.2. The minimum Gasteiger partial charge on any atom is -0.313 e. The van der Waals surface area contributed by atoms with Crippen LogP contribution in [0.1, 0.15) is 56.2 Å². The van der Waals surface area contributed by atoms with E-state index in [1.54, 1.807) is 0 Å². The minimum atomic E-state index is 0.468. The summed E-state index contributed by atoms with van der Waals surface area (Å²) in [6, 6.07) is 10.2. The number of rotatable bonds is 6. The van der Waals surface area contributed by atoms with Crippen LogP contribution in [0.25, 0.3) is 0 Å². The van der Waals surface area contributed by atoms with Crippen LogP contribution in [0, 0.1) is 12.8 Å². The summed E-state index contributed by atoms with van der Waals surface area (Å²) in [5, 5.41) is 3.48. The third-order valence-electron chi connectivity index (χ3n) is 5.21. The van der Waals surface area contributed by atoms with Crippen LogP contribution in [-0.4, -0.2) is 31.6 Å². The lowest BCUT2D eigenvalue weighted by Crippen LogP contribution is -2.36. The lowest BCUT2D eigenvalue weighted by molar-refractivity contribution is 0.164. The molecule has 1 unspecified atom stereocenters. The highest BCUT2D eigenvalue weighted by atomic mass is 15.1. The van der Waals surface area contributed by atoms with Crippen LogP contribution in [0.15, 0.2) is 24.3 Å². The zero-order valence-electron chi connectivity index (χ0n) is 14.2. The highest BCUT2D eigenvalue weighted by Crippen LogP contribution is 2.27. The van der Waals surface area contributed by atoms with Gasteiger partial charge in [0, 0.05) is 12.1 Å². The molecule has 1 fully saturated rings. The molecule has 0 spiro atoms. The molecule has 2 heteroatoms. The van der Waals surface area contributed by atoms with Crippen molar-refractivity contribution >= 4 is 0 Å². The van der Waals surface area contributed by atoms with Gasteiger partial charge in [-0.1, -0.05) is 36.8 Å². The van der Waals surface area contributed by atoms with E-state index in [1.807, 2.05) is 0 Å². The second kappa shape index (κ2) is 7.95. The molecule has 2 nitrogen and oxygen atoms in total. The van der Waals surface area contributed by atoms with E-state index in [4.69, 9.17) is 0 Å². The predicted molar refractivity (Wildman–Crippen MR) is 91.6 cm³/mol. The lowest BCUT2D eigenvalue weighted by Gasteiger charge is -2.34. The Morgan fingerprint density at radius 2 is 1.76 bits per heavy atom. The lowest BCUT2D eigenvalue weighted by atomic mass is 9.86. The molecule has 21 heavy (non-hydrogen) atoms. The highest BCUT2D eigenvalue weighted by molar-refractivity contribution is 5.24. The number of hydrogen-bond acceptors (Lipinski definition) is 2. The van der Waals surface area contributed by atoms with Crippen molar-refractivity contribution in [3.05, 3.63) is 35.4 Å². The average Bonchev–Trinajstić information content (AvgIpc) is 2.50. The zero-order chi connectivity index (χ0) is 15.2. The number of nitrogens with one attached hydrogen (secondary N) is 1. The molecule has 1 N–H and O–H groups in total. The topological polar surface area (TPSA) is 15.3 Å². The smallest absolute Gasteiger partial charge is 0.0329 e. The molecule has 1 aliphatic carbocycles. The fraction of sp³-hybridized carbons (Fsp3) is 0.684. The average molecular weight is 288 g/mol. The summed E-state index contributed by atoms with van der Waals surface area (Å²) in [5.41, 5.74) is 2.75. The standard InChI is InChI=1S/C19H32N2/c1-15-5-9-17(10-6-15)19(20-3)13-14-21(4)18-11-7-16(2)8-12-18/h5-6,9-10,16,18-20H,7-8,11-14H2,1-4H3. The summed E-state index contributed by atoms with van der Waals surface area (Å²) in [7, 11) is 4.38. The molecule has 1 atom stereocenters. The van der Waals surface area contributed by atoms with Gasteiger partial charge in [-0.2, -0.15) is 0 Å². The molecule has 1 saturated carbocycles. The van der Waals surface area contributed by atoms with Crippen molar-refractivity contribution < 1.29 is 0 Å². The van der Waals surface area contributed by atoms with Gasteiger partial charge in [0.25, 0.3) is 0 Å². The van der Waals surface area contributed by atoms with Gasteiger partial charge in [0.05, 0.1) is 0 Å². The first kappa shape index (κ1) is 16.5. The Kier molecular flexibility index (Phi) is 6.25. The molecule has 118 valence electrons. The van der Waals surface area contributed by atoms with Crippen LogP contribution < -0.4 is 5.32 Å². The second-order valence-corrected chi connectivity index (χ2v) is 6.93. The molecule has 0 radical (unpaired) electrons. The van der Waals surface area contributed by atoms with Crippen LogP contribution in [0.3, 0.4) is 0 Å². The predicted octanol–water partition coefficient (Wildman–Crippen LogP) is 4.16. The third kappa shape index (κ3) is 4.82. The van der Waals surface area contributed by atoms with Crippen LogP contribution >= 0.6 is 0 Å². The maximum absolute atomic E-state index is 3.48. The van der Waals surface area contributed by atoms with E-state index in [2.05, 4.69) is 62.4 Å². The van der Waals surface area contributed by atoms with Crippen LogP contribution in [0.5, 0.6) is 0 Å². The number of hydrogen-bond donors (Lipinski definition) is 1. The van der Waals surface area contributed by atoms with Gasteiger partial charge in [0.15, 0.2) is 0 Å². The van der Waals surface area contributed by atoms with E-state index >= 15 is 0 Å².